The second-order valence-corrected chi connectivity index (χ2v) is 11.2. The molecule has 2 fully saturated rings. The highest BCUT2D eigenvalue weighted by Gasteiger charge is 2.43. The van der Waals surface area contributed by atoms with Crippen molar-refractivity contribution in [3.05, 3.63) is 23.8 Å². The maximum Gasteiger partial charge on any atom is 0.232 e. The van der Waals surface area contributed by atoms with E-state index in [9.17, 15) is 15.0 Å². The minimum atomic E-state index is -0.406. The van der Waals surface area contributed by atoms with Gasteiger partial charge in [0.2, 0.25) is 5.91 Å². The van der Waals surface area contributed by atoms with Gasteiger partial charge >= 0.3 is 0 Å². The molecule has 1 amide bonds. The topological polar surface area (TPSA) is 60.8 Å². The molecule has 0 aromatic rings. The molecule has 3 rings (SSSR count). The Bertz CT molecular complexity index is 628. The summed E-state index contributed by atoms with van der Waals surface area (Å²) in [7, 11) is 0. The Balaban J connectivity index is 1.38. The van der Waals surface area contributed by atoms with Gasteiger partial charge in [0.15, 0.2) is 0 Å². The van der Waals surface area contributed by atoms with Crippen molar-refractivity contribution < 1.29 is 15.0 Å². The third kappa shape index (κ3) is 7.36. The molecule has 1 aliphatic heterocycles. The quantitative estimate of drug-likeness (QED) is 0.332. The van der Waals surface area contributed by atoms with E-state index in [-0.39, 0.29) is 12.0 Å². The van der Waals surface area contributed by atoms with Crippen LogP contribution in [0.1, 0.15) is 71.6 Å². The first-order valence-electron chi connectivity index (χ1n) is 12.6. The minimum absolute atomic E-state index is 0.156. The van der Waals surface area contributed by atoms with E-state index < -0.39 is 6.10 Å². The number of carbonyl (C=O) groups excluding carboxylic acids is 1. The lowest BCUT2D eigenvalue weighted by Crippen LogP contribution is -2.29. The average Bonchev–Trinajstić information content (AvgIpc) is 3.45. The fourth-order valence-electron chi connectivity index (χ4n) is 5.63. The first-order valence-corrected chi connectivity index (χ1v) is 13.7. The Kier molecular flexibility index (Phi) is 9.99. The van der Waals surface area contributed by atoms with Gasteiger partial charge in [0.05, 0.1) is 18.0 Å². The van der Waals surface area contributed by atoms with Gasteiger partial charge in [0.25, 0.3) is 0 Å². The van der Waals surface area contributed by atoms with Crippen molar-refractivity contribution in [2.45, 2.75) is 83.8 Å². The highest BCUT2D eigenvalue weighted by atomic mass is 32.2. The Morgan fingerprint density at radius 1 is 1.35 bits per heavy atom. The number of likely N-dealkylation sites (tertiary alicyclic amines) is 1. The second-order valence-electron chi connectivity index (χ2n) is 10.1. The lowest BCUT2D eigenvalue weighted by Gasteiger charge is -2.19. The van der Waals surface area contributed by atoms with Crippen LogP contribution < -0.4 is 0 Å². The number of amides is 1. The third-order valence-electron chi connectivity index (χ3n) is 7.45. The predicted octanol–water partition coefficient (Wildman–Crippen LogP) is 4.81. The summed E-state index contributed by atoms with van der Waals surface area (Å²) in [5.41, 5.74) is 1.50. The molecule has 1 heterocycles. The molecule has 176 valence electrons. The van der Waals surface area contributed by atoms with Crippen molar-refractivity contribution in [1.29, 1.82) is 0 Å². The zero-order valence-corrected chi connectivity index (χ0v) is 20.4. The lowest BCUT2D eigenvalue weighted by molar-refractivity contribution is -0.127. The fraction of sp³-hybridized carbons (Fsp3) is 0.808. The average molecular weight is 450 g/mol. The molecule has 5 heteroatoms. The molecule has 0 aromatic carbocycles. The number of thioether (sulfide) groups is 1. The maximum atomic E-state index is 12.2. The number of carbonyl (C=O) groups is 1. The monoisotopic (exact) mass is 449 g/mol. The van der Waals surface area contributed by atoms with Crippen LogP contribution in [0.3, 0.4) is 0 Å². The number of aliphatic hydroxyl groups excluding tert-OH is 2. The van der Waals surface area contributed by atoms with E-state index in [1.54, 1.807) is 11.8 Å². The molecule has 1 saturated carbocycles. The zero-order chi connectivity index (χ0) is 22.2. The molecular formula is C26H43NO3S. The second kappa shape index (κ2) is 12.5. The number of fused-ring (bicyclic) bond motifs is 1. The predicted molar refractivity (Wildman–Crippen MR) is 130 cm³/mol. The summed E-state index contributed by atoms with van der Waals surface area (Å²) in [5.74, 6) is 3.55. The van der Waals surface area contributed by atoms with E-state index >= 15 is 0 Å². The Morgan fingerprint density at radius 2 is 2.13 bits per heavy atom. The van der Waals surface area contributed by atoms with Gasteiger partial charge in [-0.05, 0) is 62.0 Å². The van der Waals surface area contributed by atoms with Crippen LogP contribution in [-0.4, -0.2) is 57.8 Å². The van der Waals surface area contributed by atoms with Crippen molar-refractivity contribution in [3.8, 4) is 0 Å². The van der Waals surface area contributed by atoms with E-state index in [2.05, 4.69) is 26.0 Å². The summed E-state index contributed by atoms with van der Waals surface area (Å²) in [6.07, 6.45) is 15.4. The molecule has 0 unspecified atom stereocenters. The van der Waals surface area contributed by atoms with E-state index in [0.29, 0.717) is 29.4 Å². The van der Waals surface area contributed by atoms with Crippen LogP contribution in [0.2, 0.25) is 0 Å². The number of unbranched alkanes of at least 4 members (excludes halogenated alkanes) is 1. The molecule has 31 heavy (non-hydrogen) atoms. The molecule has 3 aliphatic rings. The van der Waals surface area contributed by atoms with Crippen LogP contribution in [-0.2, 0) is 4.79 Å². The summed E-state index contributed by atoms with van der Waals surface area (Å²) in [6.45, 7) is 6.31. The van der Waals surface area contributed by atoms with E-state index in [4.69, 9.17) is 0 Å². The van der Waals surface area contributed by atoms with Crippen molar-refractivity contribution >= 4 is 17.7 Å². The van der Waals surface area contributed by atoms with Crippen molar-refractivity contribution in [1.82, 2.24) is 4.90 Å². The summed E-state index contributed by atoms with van der Waals surface area (Å²) in [4.78, 5) is 14.2. The van der Waals surface area contributed by atoms with E-state index in [1.165, 1.54) is 24.8 Å². The van der Waals surface area contributed by atoms with Crippen molar-refractivity contribution in [2.75, 3.05) is 24.6 Å². The van der Waals surface area contributed by atoms with Gasteiger partial charge in [0, 0.05) is 19.0 Å². The Morgan fingerprint density at radius 3 is 2.87 bits per heavy atom. The molecule has 4 nitrogen and oxygen atoms in total. The SMILES string of the molecule is CCCC[C@H](C)C[C@H](O)C=C[C@@H]1[C@H]2CC(CCSCC(=O)N3CCCC3)=C[C@H]2C[C@H]1O. The molecule has 0 spiro atoms. The normalized spacial score (nSPS) is 30.1. The molecule has 0 bridgehead atoms. The number of nitrogens with zero attached hydrogens (tertiary/aromatic N) is 1. The first-order chi connectivity index (χ1) is 15.0. The summed E-state index contributed by atoms with van der Waals surface area (Å²) in [5, 5.41) is 21.0. The molecule has 6 atom stereocenters. The number of allylic oxidation sites excluding steroid dienone is 2. The smallest absolute Gasteiger partial charge is 0.232 e. The van der Waals surface area contributed by atoms with Crippen LogP contribution in [0.5, 0.6) is 0 Å². The van der Waals surface area contributed by atoms with Crippen LogP contribution in [0.4, 0.5) is 0 Å². The number of hydrogen-bond acceptors (Lipinski definition) is 4. The molecule has 0 radical (unpaired) electrons. The van der Waals surface area contributed by atoms with Gasteiger partial charge < -0.3 is 15.1 Å². The standard InChI is InChI=1S/C26H43NO3S/c1-3-4-7-19(2)14-22(28)8-9-23-24-16-20(15-21(24)17-25(23)29)10-13-31-18-26(30)27-11-5-6-12-27/h8-9,15,19,21-25,28-29H,3-7,10-14,16-18H2,1-2H3/t19-,21-,22+,23+,24-,25+/m0/s1. The molecule has 2 aliphatic carbocycles. The number of hydrogen-bond donors (Lipinski definition) is 2. The zero-order valence-electron chi connectivity index (χ0n) is 19.5. The lowest BCUT2D eigenvalue weighted by atomic mass is 9.88. The van der Waals surface area contributed by atoms with Crippen LogP contribution in [0, 0.1) is 23.7 Å². The third-order valence-corrected chi connectivity index (χ3v) is 8.40. The number of rotatable bonds is 12. The molecular weight excluding hydrogens is 406 g/mol. The van der Waals surface area contributed by atoms with Gasteiger partial charge in [-0.15, -0.1) is 0 Å². The van der Waals surface area contributed by atoms with Crippen molar-refractivity contribution in [3.63, 3.8) is 0 Å². The molecule has 1 saturated heterocycles. The largest absolute Gasteiger partial charge is 0.392 e. The summed E-state index contributed by atoms with van der Waals surface area (Å²) < 4.78 is 0. The van der Waals surface area contributed by atoms with Crippen LogP contribution in [0.15, 0.2) is 23.8 Å². The minimum Gasteiger partial charge on any atom is -0.392 e. The van der Waals surface area contributed by atoms with Gasteiger partial charge in [-0.1, -0.05) is 56.9 Å². The highest BCUT2D eigenvalue weighted by Crippen LogP contribution is 2.48. The van der Waals surface area contributed by atoms with Crippen LogP contribution in [0.25, 0.3) is 0 Å². The fourth-order valence-corrected chi connectivity index (χ4v) is 6.54. The summed E-state index contributed by atoms with van der Waals surface area (Å²) >= 11 is 1.76. The maximum absolute atomic E-state index is 12.2. The first kappa shape index (κ1) is 24.9. The Hall–Kier alpha value is -0.780. The Labute approximate surface area is 193 Å². The molecule has 0 aromatic heterocycles. The van der Waals surface area contributed by atoms with Crippen LogP contribution >= 0.6 is 11.8 Å². The van der Waals surface area contributed by atoms with Crippen molar-refractivity contribution in [2.24, 2.45) is 23.7 Å². The summed E-state index contributed by atoms with van der Waals surface area (Å²) in [6, 6.07) is 0. The van der Waals surface area contributed by atoms with Gasteiger partial charge in [0.1, 0.15) is 0 Å². The number of aliphatic hydroxyl groups is 2. The van der Waals surface area contributed by atoms with E-state index in [1.807, 2.05) is 11.0 Å². The highest BCUT2D eigenvalue weighted by molar-refractivity contribution is 7.99. The van der Waals surface area contributed by atoms with E-state index in [0.717, 1.165) is 57.4 Å². The van der Waals surface area contributed by atoms with Gasteiger partial charge in [-0.25, -0.2) is 0 Å². The van der Waals surface area contributed by atoms with Gasteiger partial charge in [-0.2, -0.15) is 11.8 Å². The van der Waals surface area contributed by atoms with Gasteiger partial charge in [-0.3, -0.25) is 4.79 Å². The molecule has 2 N–H and O–H groups in total.